The smallest absolute Gasteiger partial charge is 0.139 e. The molecule has 0 spiro atoms. The summed E-state index contributed by atoms with van der Waals surface area (Å²) in [6, 6.07) is 7.34. The van der Waals surface area contributed by atoms with Crippen molar-refractivity contribution in [2.24, 2.45) is 4.99 Å². The minimum absolute atomic E-state index is 0.256. The van der Waals surface area contributed by atoms with Gasteiger partial charge in [-0.05, 0) is 44.7 Å². The lowest BCUT2D eigenvalue weighted by molar-refractivity contribution is 0.100. The third-order valence-corrected chi connectivity index (χ3v) is 6.23. The van der Waals surface area contributed by atoms with Crippen LogP contribution in [0, 0.1) is 12.7 Å². The zero-order chi connectivity index (χ0) is 19.0. The maximum absolute atomic E-state index is 13.8. The molecule has 7 heteroatoms. The van der Waals surface area contributed by atoms with Crippen LogP contribution >= 0.6 is 11.3 Å². The van der Waals surface area contributed by atoms with Crippen molar-refractivity contribution in [3.05, 3.63) is 40.5 Å². The summed E-state index contributed by atoms with van der Waals surface area (Å²) in [5.41, 5.74) is 2.60. The Balaban J connectivity index is 1.72. The third kappa shape index (κ3) is 3.72. The Morgan fingerprint density at radius 1 is 1.33 bits per heavy atom. The summed E-state index contributed by atoms with van der Waals surface area (Å²) in [6.07, 6.45) is 0.992. The molecule has 1 atom stereocenters. The van der Waals surface area contributed by atoms with E-state index in [1.165, 1.54) is 17.0 Å². The largest absolute Gasteiger partial charge is 0.385 e. The number of piperazine rings is 1. The Bertz CT molecular complexity index is 866. The topological polar surface area (TPSA) is 40.1 Å². The number of fused-ring (bicyclic) bond motifs is 2. The summed E-state index contributed by atoms with van der Waals surface area (Å²) in [5.74, 6) is 0.719. The number of hydrogen-bond donors (Lipinski definition) is 1. The van der Waals surface area contributed by atoms with E-state index in [0.717, 1.165) is 60.4 Å². The van der Waals surface area contributed by atoms with Crippen LogP contribution in [0.15, 0.2) is 29.3 Å². The van der Waals surface area contributed by atoms with Gasteiger partial charge in [0.1, 0.15) is 16.7 Å². The number of nitrogens with zero attached hydrogens (tertiary/aromatic N) is 3. The molecule has 2 aliphatic heterocycles. The Kier molecular flexibility index (Phi) is 5.16. The number of likely N-dealkylation sites (N-methyl/N-ethyl adjacent to an activating group) is 1. The number of rotatable bonds is 3. The SMILES string of the molecule is COCC[C@H]1CN(C2=Nc3ccc(F)cc3Nc3sc(C)cc32)CCN1C. The van der Waals surface area contributed by atoms with Crippen molar-refractivity contribution in [2.75, 3.05) is 45.7 Å². The van der Waals surface area contributed by atoms with E-state index in [4.69, 9.17) is 9.73 Å². The van der Waals surface area contributed by atoms with E-state index < -0.39 is 0 Å². The molecule has 0 bridgehead atoms. The summed E-state index contributed by atoms with van der Waals surface area (Å²) in [4.78, 5) is 10.9. The predicted molar refractivity (Wildman–Crippen MR) is 109 cm³/mol. The second-order valence-electron chi connectivity index (χ2n) is 7.18. The highest BCUT2D eigenvalue weighted by molar-refractivity contribution is 7.16. The predicted octanol–water partition coefficient (Wildman–Crippen LogP) is 3.98. The highest BCUT2D eigenvalue weighted by Gasteiger charge is 2.30. The molecule has 1 aromatic heterocycles. The van der Waals surface area contributed by atoms with Crippen molar-refractivity contribution in [2.45, 2.75) is 19.4 Å². The van der Waals surface area contributed by atoms with Gasteiger partial charge in [0, 0.05) is 44.3 Å². The van der Waals surface area contributed by atoms with Crippen LogP contribution in [0.3, 0.4) is 0 Å². The van der Waals surface area contributed by atoms with Gasteiger partial charge in [-0.3, -0.25) is 4.90 Å². The molecule has 0 radical (unpaired) electrons. The maximum atomic E-state index is 13.8. The van der Waals surface area contributed by atoms with Gasteiger partial charge >= 0.3 is 0 Å². The second kappa shape index (κ2) is 7.58. The van der Waals surface area contributed by atoms with Gasteiger partial charge in [-0.2, -0.15) is 0 Å². The number of aryl methyl sites for hydroxylation is 1. The molecule has 0 unspecified atom stereocenters. The van der Waals surface area contributed by atoms with Crippen molar-refractivity contribution < 1.29 is 9.13 Å². The fourth-order valence-electron chi connectivity index (χ4n) is 3.72. The van der Waals surface area contributed by atoms with Crippen LogP contribution in [0.4, 0.5) is 20.8 Å². The first-order valence-electron chi connectivity index (χ1n) is 9.25. The fraction of sp³-hybridized carbons (Fsp3) is 0.450. The van der Waals surface area contributed by atoms with Crippen molar-refractivity contribution >= 4 is 33.5 Å². The van der Waals surface area contributed by atoms with Gasteiger partial charge in [-0.15, -0.1) is 11.3 Å². The minimum Gasteiger partial charge on any atom is -0.385 e. The van der Waals surface area contributed by atoms with Crippen LogP contribution in [0.2, 0.25) is 0 Å². The zero-order valence-electron chi connectivity index (χ0n) is 16.0. The fourth-order valence-corrected chi connectivity index (χ4v) is 4.64. The number of halogens is 1. The number of benzene rings is 1. The third-order valence-electron chi connectivity index (χ3n) is 5.26. The molecule has 1 aromatic carbocycles. The number of amidine groups is 1. The van der Waals surface area contributed by atoms with Gasteiger partial charge in [0.15, 0.2) is 0 Å². The molecular weight excluding hydrogens is 363 g/mol. The van der Waals surface area contributed by atoms with E-state index in [2.05, 4.69) is 35.2 Å². The first-order chi connectivity index (χ1) is 13.0. The van der Waals surface area contributed by atoms with Crippen LogP contribution in [-0.2, 0) is 4.74 Å². The molecule has 3 heterocycles. The second-order valence-corrected chi connectivity index (χ2v) is 8.44. The quantitative estimate of drug-likeness (QED) is 0.863. The molecule has 2 aliphatic rings. The van der Waals surface area contributed by atoms with Gasteiger partial charge in [0.05, 0.1) is 16.9 Å². The summed E-state index contributed by atoms with van der Waals surface area (Å²) < 4.78 is 19.1. The van der Waals surface area contributed by atoms with Crippen LogP contribution < -0.4 is 5.32 Å². The Morgan fingerprint density at radius 3 is 3.00 bits per heavy atom. The molecule has 0 aliphatic carbocycles. The van der Waals surface area contributed by atoms with Crippen LogP contribution in [0.25, 0.3) is 0 Å². The van der Waals surface area contributed by atoms with Crippen molar-refractivity contribution in [3.63, 3.8) is 0 Å². The number of methoxy groups -OCH3 is 1. The van der Waals surface area contributed by atoms with Gasteiger partial charge in [0.25, 0.3) is 0 Å². The lowest BCUT2D eigenvalue weighted by Gasteiger charge is -2.40. The zero-order valence-corrected chi connectivity index (χ0v) is 16.8. The number of ether oxygens (including phenoxy) is 1. The highest BCUT2D eigenvalue weighted by atomic mass is 32.1. The van der Waals surface area contributed by atoms with Gasteiger partial charge in [-0.25, -0.2) is 9.38 Å². The van der Waals surface area contributed by atoms with Crippen LogP contribution in [0.5, 0.6) is 0 Å². The van der Waals surface area contributed by atoms with Crippen LogP contribution in [0.1, 0.15) is 16.9 Å². The standard InChI is InChI=1S/C20H25FN4OS/c1-13-10-16-19(25-8-7-24(2)15(12-25)6-9-26-3)22-17-5-4-14(21)11-18(17)23-20(16)27-13/h4-5,10-11,15,23H,6-9,12H2,1-3H3/t15-/m0/s1. The molecule has 144 valence electrons. The molecule has 0 amide bonds. The van der Waals surface area contributed by atoms with E-state index >= 15 is 0 Å². The first kappa shape index (κ1) is 18.4. The van der Waals surface area contributed by atoms with Crippen molar-refractivity contribution in [1.82, 2.24) is 9.80 Å². The molecule has 1 fully saturated rings. The summed E-state index contributed by atoms with van der Waals surface area (Å²) in [6.45, 7) is 5.65. The molecule has 2 aromatic rings. The number of aliphatic imine (C=N–C) groups is 1. The number of anilines is 2. The van der Waals surface area contributed by atoms with Gasteiger partial charge in [0.2, 0.25) is 0 Å². The highest BCUT2D eigenvalue weighted by Crippen LogP contribution is 2.39. The normalized spacial score (nSPS) is 19.8. The molecule has 1 N–H and O–H groups in total. The minimum atomic E-state index is -0.256. The van der Waals surface area contributed by atoms with E-state index in [0.29, 0.717) is 6.04 Å². The first-order valence-corrected chi connectivity index (χ1v) is 10.1. The molecular formula is C20H25FN4OS. The average Bonchev–Trinajstić information content (AvgIpc) is 2.93. The van der Waals surface area contributed by atoms with Crippen LogP contribution in [-0.4, -0.2) is 62.1 Å². The summed E-state index contributed by atoms with van der Waals surface area (Å²) in [7, 11) is 3.92. The van der Waals surface area contributed by atoms with Crippen molar-refractivity contribution in [3.8, 4) is 0 Å². The Hall–Kier alpha value is -1.96. The lowest BCUT2D eigenvalue weighted by Crippen LogP contribution is -2.53. The van der Waals surface area contributed by atoms with E-state index in [9.17, 15) is 4.39 Å². The van der Waals surface area contributed by atoms with Gasteiger partial charge in [-0.1, -0.05) is 0 Å². The maximum Gasteiger partial charge on any atom is 0.139 e. The summed E-state index contributed by atoms with van der Waals surface area (Å²) >= 11 is 1.68. The molecule has 4 rings (SSSR count). The molecule has 27 heavy (non-hydrogen) atoms. The monoisotopic (exact) mass is 388 g/mol. The number of thiophene rings is 1. The Labute approximate surface area is 163 Å². The lowest BCUT2D eigenvalue weighted by atomic mass is 10.1. The number of nitrogens with one attached hydrogen (secondary N) is 1. The average molecular weight is 389 g/mol. The molecule has 0 saturated carbocycles. The van der Waals surface area contributed by atoms with E-state index in [-0.39, 0.29) is 5.82 Å². The van der Waals surface area contributed by atoms with E-state index in [1.807, 2.05) is 0 Å². The number of hydrogen-bond acceptors (Lipinski definition) is 6. The van der Waals surface area contributed by atoms with Crippen molar-refractivity contribution in [1.29, 1.82) is 0 Å². The molecule has 5 nitrogen and oxygen atoms in total. The van der Waals surface area contributed by atoms with Gasteiger partial charge < -0.3 is 15.0 Å². The summed E-state index contributed by atoms with van der Waals surface area (Å²) in [5, 5.41) is 4.43. The Morgan fingerprint density at radius 2 is 2.19 bits per heavy atom. The molecule has 1 saturated heterocycles. The van der Waals surface area contributed by atoms with E-state index in [1.54, 1.807) is 24.5 Å².